The van der Waals surface area contributed by atoms with Crippen molar-refractivity contribution in [1.29, 1.82) is 0 Å². The van der Waals surface area contributed by atoms with E-state index in [1.807, 2.05) is 12.1 Å². The number of pyridine rings is 1. The molecule has 6 heteroatoms. The zero-order chi connectivity index (χ0) is 16.7. The van der Waals surface area contributed by atoms with Crippen molar-refractivity contribution in [2.24, 2.45) is 11.8 Å². The standard InChI is InChI=1S/C18H24N6/c1-11(13-5-6-13)24(12(2)14-7-8-14)18-22-16(21-17(19)23-18)15-4-3-9-20-10-15/h3-4,9-14H,5-8H2,1-2H3,(H2,19,21,22,23)/t11-,12-/m1/s1. The molecule has 2 saturated carbocycles. The minimum absolute atomic E-state index is 0.273. The van der Waals surface area contributed by atoms with Crippen LogP contribution in [0.1, 0.15) is 39.5 Å². The van der Waals surface area contributed by atoms with E-state index in [1.165, 1.54) is 25.7 Å². The van der Waals surface area contributed by atoms with Crippen molar-refractivity contribution in [3.63, 3.8) is 0 Å². The highest BCUT2D eigenvalue weighted by atomic mass is 15.3. The van der Waals surface area contributed by atoms with Crippen molar-refractivity contribution in [2.45, 2.75) is 51.6 Å². The summed E-state index contributed by atoms with van der Waals surface area (Å²) in [5.74, 6) is 3.06. The summed E-state index contributed by atoms with van der Waals surface area (Å²) in [5, 5.41) is 0. The van der Waals surface area contributed by atoms with Crippen molar-refractivity contribution < 1.29 is 0 Å². The molecule has 24 heavy (non-hydrogen) atoms. The fraction of sp³-hybridized carbons (Fsp3) is 0.556. The zero-order valence-corrected chi connectivity index (χ0v) is 14.3. The third-order valence-electron chi connectivity index (χ3n) is 5.28. The molecule has 0 bridgehead atoms. The van der Waals surface area contributed by atoms with Gasteiger partial charge in [-0.2, -0.15) is 15.0 Å². The van der Waals surface area contributed by atoms with Gasteiger partial charge in [0.05, 0.1) is 0 Å². The average Bonchev–Trinajstić information content (AvgIpc) is 3.48. The van der Waals surface area contributed by atoms with E-state index in [0.29, 0.717) is 23.9 Å². The number of nitrogen functional groups attached to an aromatic ring is 1. The number of nitrogens with zero attached hydrogens (tertiary/aromatic N) is 5. The Balaban J connectivity index is 1.72. The Morgan fingerprint density at radius 2 is 1.71 bits per heavy atom. The third-order valence-corrected chi connectivity index (χ3v) is 5.28. The van der Waals surface area contributed by atoms with E-state index >= 15 is 0 Å². The van der Waals surface area contributed by atoms with Gasteiger partial charge in [-0.15, -0.1) is 0 Å². The Labute approximate surface area is 142 Å². The molecule has 2 aliphatic rings. The quantitative estimate of drug-likeness (QED) is 0.880. The summed E-state index contributed by atoms with van der Waals surface area (Å²) >= 11 is 0. The Kier molecular flexibility index (Phi) is 3.82. The number of hydrogen-bond acceptors (Lipinski definition) is 6. The summed E-state index contributed by atoms with van der Waals surface area (Å²) in [6.07, 6.45) is 8.69. The Hall–Kier alpha value is -2.24. The number of hydrogen-bond donors (Lipinski definition) is 1. The van der Waals surface area contributed by atoms with Crippen LogP contribution in [0.2, 0.25) is 0 Å². The van der Waals surface area contributed by atoms with E-state index in [4.69, 9.17) is 10.7 Å². The summed E-state index contributed by atoms with van der Waals surface area (Å²) in [5.41, 5.74) is 6.88. The maximum atomic E-state index is 6.01. The molecule has 0 radical (unpaired) electrons. The van der Waals surface area contributed by atoms with E-state index in [-0.39, 0.29) is 5.95 Å². The molecule has 2 aliphatic carbocycles. The van der Waals surface area contributed by atoms with Crippen LogP contribution in [0.15, 0.2) is 24.5 Å². The first-order valence-corrected chi connectivity index (χ1v) is 8.84. The summed E-state index contributed by atoms with van der Waals surface area (Å²) in [4.78, 5) is 20.1. The summed E-state index contributed by atoms with van der Waals surface area (Å²) in [6, 6.07) is 4.70. The molecule has 2 aromatic rings. The number of aromatic nitrogens is 4. The topological polar surface area (TPSA) is 80.8 Å². The van der Waals surface area contributed by atoms with Gasteiger partial charge in [0, 0.05) is 30.0 Å². The molecule has 4 rings (SSSR count). The summed E-state index contributed by atoms with van der Waals surface area (Å²) in [7, 11) is 0. The monoisotopic (exact) mass is 324 g/mol. The van der Waals surface area contributed by atoms with Crippen molar-refractivity contribution in [2.75, 3.05) is 10.6 Å². The fourth-order valence-corrected chi connectivity index (χ4v) is 3.47. The molecule has 2 aromatic heterocycles. The first kappa shape index (κ1) is 15.3. The van der Waals surface area contributed by atoms with E-state index in [0.717, 1.165) is 17.4 Å². The van der Waals surface area contributed by atoms with Gasteiger partial charge in [0.15, 0.2) is 5.82 Å². The van der Waals surface area contributed by atoms with Crippen molar-refractivity contribution in [3.8, 4) is 11.4 Å². The van der Waals surface area contributed by atoms with E-state index < -0.39 is 0 Å². The van der Waals surface area contributed by atoms with Crippen LogP contribution in [0.5, 0.6) is 0 Å². The van der Waals surface area contributed by atoms with Gasteiger partial charge in [0.1, 0.15) is 0 Å². The first-order valence-electron chi connectivity index (χ1n) is 8.84. The van der Waals surface area contributed by atoms with E-state index in [9.17, 15) is 0 Å². The Bertz CT molecular complexity index is 693. The van der Waals surface area contributed by atoms with Crippen molar-refractivity contribution in [3.05, 3.63) is 24.5 Å². The van der Waals surface area contributed by atoms with Crippen LogP contribution in [0.3, 0.4) is 0 Å². The van der Waals surface area contributed by atoms with Gasteiger partial charge in [0.2, 0.25) is 11.9 Å². The largest absolute Gasteiger partial charge is 0.368 e. The predicted molar refractivity (Wildman–Crippen MR) is 94.3 cm³/mol. The average molecular weight is 324 g/mol. The highest BCUT2D eigenvalue weighted by Crippen LogP contribution is 2.42. The van der Waals surface area contributed by atoms with Crippen LogP contribution < -0.4 is 10.6 Å². The van der Waals surface area contributed by atoms with Gasteiger partial charge < -0.3 is 10.6 Å². The fourth-order valence-electron chi connectivity index (χ4n) is 3.47. The Morgan fingerprint density at radius 3 is 2.25 bits per heavy atom. The van der Waals surface area contributed by atoms with Crippen LogP contribution in [-0.2, 0) is 0 Å². The molecule has 2 atom stereocenters. The number of anilines is 2. The molecule has 0 spiro atoms. The molecule has 0 saturated heterocycles. The molecular weight excluding hydrogens is 300 g/mol. The van der Waals surface area contributed by atoms with Crippen LogP contribution in [0.25, 0.3) is 11.4 Å². The van der Waals surface area contributed by atoms with Crippen molar-refractivity contribution in [1.82, 2.24) is 19.9 Å². The maximum absolute atomic E-state index is 6.01. The summed E-state index contributed by atoms with van der Waals surface area (Å²) < 4.78 is 0. The molecule has 2 heterocycles. The molecule has 2 N–H and O–H groups in total. The molecule has 0 amide bonds. The maximum Gasteiger partial charge on any atom is 0.231 e. The summed E-state index contributed by atoms with van der Waals surface area (Å²) in [6.45, 7) is 4.58. The molecule has 126 valence electrons. The lowest BCUT2D eigenvalue weighted by atomic mass is 10.1. The lowest BCUT2D eigenvalue weighted by Crippen LogP contribution is -2.44. The minimum Gasteiger partial charge on any atom is -0.368 e. The predicted octanol–water partition coefficient (Wildman–Crippen LogP) is 2.92. The van der Waals surface area contributed by atoms with Gasteiger partial charge >= 0.3 is 0 Å². The molecule has 0 aliphatic heterocycles. The normalized spacial score (nSPS) is 19.8. The molecule has 0 aromatic carbocycles. The second-order valence-corrected chi connectivity index (χ2v) is 7.12. The second-order valence-electron chi connectivity index (χ2n) is 7.12. The molecular formula is C18H24N6. The second kappa shape index (κ2) is 6.00. The van der Waals surface area contributed by atoms with Gasteiger partial charge in [0.25, 0.3) is 0 Å². The van der Waals surface area contributed by atoms with Gasteiger partial charge in [-0.3, -0.25) is 4.98 Å². The third kappa shape index (κ3) is 3.05. The van der Waals surface area contributed by atoms with Crippen molar-refractivity contribution >= 4 is 11.9 Å². The van der Waals surface area contributed by atoms with E-state index in [1.54, 1.807) is 12.4 Å². The number of nitrogens with two attached hydrogens (primary N) is 1. The van der Waals surface area contributed by atoms with Gasteiger partial charge in [-0.1, -0.05) is 0 Å². The smallest absolute Gasteiger partial charge is 0.231 e. The first-order chi connectivity index (χ1) is 11.6. The van der Waals surface area contributed by atoms with Gasteiger partial charge in [-0.05, 0) is 63.5 Å². The highest BCUT2D eigenvalue weighted by molar-refractivity contribution is 5.56. The lowest BCUT2D eigenvalue weighted by Gasteiger charge is -2.35. The van der Waals surface area contributed by atoms with Gasteiger partial charge in [-0.25, -0.2) is 0 Å². The zero-order valence-electron chi connectivity index (χ0n) is 14.3. The lowest BCUT2D eigenvalue weighted by molar-refractivity contribution is 0.467. The highest BCUT2D eigenvalue weighted by Gasteiger charge is 2.40. The van der Waals surface area contributed by atoms with Crippen LogP contribution >= 0.6 is 0 Å². The Morgan fingerprint density at radius 1 is 1.04 bits per heavy atom. The van der Waals surface area contributed by atoms with E-state index in [2.05, 4.69) is 33.7 Å². The van der Waals surface area contributed by atoms with Crippen LogP contribution in [0.4, 0.5) is 11.9 Å². The molecule has 6 nitrogen and oxygen atoms in total. The van der Waals surface area contributed by atoms with Crippen LogP contribution in [-0.4, -0.2) is 32.0 Å². The molecule has 2 fully saturated rings. The minimum atomic E-state index is 0.273. The van der Waals surface area contributed by atoms with Crippen LogP contribution in [0, 0.1) is 11.8 Å². The SMILES string of the molecule is C[C@H](C1CC1)N(c1nc(N)nc(-c2cccnc2)n1)[C@H](C)C1CC1. The molecule has 0 unspecified atom stereocenters. The number of rotatable bonds is 6.